The van der Waals surface area contributed by atoms with Gasteiger partial charge in [-0.1, -0.05) is 25.2 Å². The van der Waals surface area contributed by atoms with Gasteiger partial charge in [0.2, 0.25) is 10.0 Å². The summed E-state index contributed by atoms with van der Waals surface area (Å²) in [5.41, 5.74) is 0. The summed E-state index contributed by atoms with van der Waals surface area (Å²) in [6.45, 7) is 8.54. The fraction of sp³-hybridized carbons (Fsp3) is 0.750. The highest BCUT2D eigenvalue weighted by Gasteiger charge is 2.21. The zero-order valence-electron chi connectivity index (χ0n) is 11.9. The van der Waals surface area contributed by atoms with Crippen molar-refractivity contribution in [2.24, 2.45) is 17.0 Å². The Labute approximate surface area is 124 Å². The van der Waals surface area contributed by atoms with Crippen molar-refractivity contribution in [2.45, 2.75) is 24.5 Å². The molecule has 0 radical (unpaired) electrons. The number of thiazole rings is 1. The average molecular weight is 318 g/mol. The lowest BCUT2D eigenvalue weighted by Gasteiger charge is -2.34. The van der Waals surface area contributed by atoms with E-state index in [-0.39, 0.29) is 4.21 Å². The summed E-state index contributed by atoms with van der Waals surface area (Å²) in [5, 5.41) is 8.82. The van der Waals surface area contributed by atoms with E-state index < -0.39 is 10.0 Å². The Morgan fingerprint density at radius 3 is 2.65 bits per heavy atom. The van der Waals surface area contributed by atoms with Gasteiger partial charge in [0.15, 0.2) is 9.34 Å². The number of nitrogens with two attached hydrogens (primary N) is 1. The summed E-state index contributed by atoms with van der Waals surface area (Å²) in [6.07, 6.45) is 2.60. The van der Waals surface area contributed by atoms with Crippen molar-refractivity contribution >= 4 is 26.5 Å². The monoisotopic (exact) mass is 318 g/mol. The number of likely N-dealkylation sites (tertiary alicyclic amines) is 1. The maximum absolute atomic E-state index is 11.2. The van der Waals surface area contributed by atoms with Crippen molar-refractivity contribution in [1.29, 1.82) is 0 Å². The summed E-state index contributed by atoms with van der Waals surface area (Å²) >= 11 is 1.07. The van der Waals surface area contributed by atoms with Crippen LogP contribution in [0.2, 0.25) is 0 Å². The summed E-state index contributed by atoms with van der Waals surface area (Å²) in [5.74, 6) is 1.49. The van der Waals surface area contributed by atoms with Gasteiger partial charge >= 0.3 is 0 Å². The van der Waals surface area contributed by atoms with Crippen LogP contribution < -0.4 is 10.5 Å². The molecule has 8 heteroatoms. The van der Waals surface area contributed by atoms with E-state index in [4.69, 9.17) is 5.14 Å². The minimum absolute atomic E-state index is 0.0974. The summed E-state index contributed by atoms with van der Waals surface area (Å²) < 4.78 is 22.4. The van der Waals surface area contributed by atoms with Crippen LogP contribution in [-0.4, -0.2) is 44.5 Å². The van der Waals surface area contributed by atoms with Crippen LogP contribution >= 0.6 is 11.3 Å². The maximum atomic E-state index is 11.2. The highest BCUT2D eigenvalue weighted by molar-refractivity contribution is 7.91. The first-order valence-corrected chi connectivity index (χ1v) is 9.15. The Morgan fingerprint density at radius 2 is 2.10 bits per heavy atom. The number of rotatable bonds is 5. The third-order valence-electron chi connectivity index (χ3n) is 3.41. The molecule has 114 valence electrons. The molecule has 3 N–H and O–H groups in total. The molecule has 0 aromatic carbocycles. The van der Waals surface area contributed by atoms with Crippen LogP contribution in [0.1, 0.15) is 20.3 Å². The van der Waals surface area contributed by atoms with E-state index in [9.17, 15) is 8.42 Å². The van der Waals surface area contributed by atoms with Crippen molar-refractivity contribution in [1.82, 2.24) is 9.88 Å². The second kappa shape index (κ2) is 6.38. The standard InChI is InChI=1S/C12H22N4O2S2/c1-9-5-10(2)8-16(7-9)4-3-14-12-15-6-11(19-12)20(13,17)18/h6,9-10H,3-5,7-8H2,1-2H3,(H,14,15)(H2,13,17,18)/t9-,10-/m0/s1. The molecular formula is C12H22N4O2S2. The molecule has 1 saturated heterocycles. The van der Waals surface area contributed by atoms with Crippen molar-refractivity contribution in [2.75, 3.05) is 31.5 Å². The minimum atomic E-state index is -3.64. The number of sulfonamides is 1. The molecule has 0 bridgehead atoms. The first kappa shape index (κ1) is 15.7. The van der Waals surface area contributed by atoms with Gasteiger partial charge in [-0.2, -0.15) is 0 Å². The molecule has 1 aliphatic heterocycles. The Morgan fingerprint density at radius 1 is 1.45 bits per heavy atom. The van der Waals surface area contributed by atoms with Gasteiger partial charge in [-0.05, 0) is 18.3 Å². The van der Waals surface area contributed by atoms with Crippen LogP contribution in [0, 0.1) is 11.8 Å². The smallest absolute Gasteiger partial charge is 0.249 e. The molecule has 0 spiro atoms. The number of nitrogens with zero attached hydrogens (tertiary/aromatic N) is 2. The van der Waals surface area contributed by atoms with Gasteiger partial charge < -0.3 is 10.2 Å². The molecule has 2 atom stereocenters. The molecule has 0 amide bonds. The molecule has 20 heavy (non-hydrogen) atoms. The molecule has 1 fully saturated rings. The van der Waals surface area contributed by atoms with Crippen LogP contribution in [0.25, 0.3) is 0 Å². The van der Waals surface area contributed by atoms with Crippen molar-refractivity contribution < 1.29 is 8.42 Å². The van der Waals surface area contributed by atoms with Gasteiger partial charge in [-0.15, -0.1) is 0 Å². The quantitative estimate of drug-likeness (QED) is 0.851. The Bertz CT molecular complexity index is 533. The molecule has 0 unspecified atom stereocenters. The molecule has 0 saturated carbocycles. The van der Waals surface area contributed by atoms with Crippen molar-refractivity contribution in [3.8, 4) is 0 Å². The summed E-state index contributed by atoms with van der Waals surface area (Å²) in [4.78, 5) is 6.47. The fourth-order valence-electron chi connectivity index (χ4n) is 2.77. The third kappa shape index (κ3) is 4.41. The number of hydrogen-bond donors (Lipinski definition) is 2. The topological polar surface area (TPSA) is 88.3 Å². The van der Waals surface area contributed by atoms with Gasteiger partial charge in [0.1, 0.15) is 0 Å². The number of anilines is 1. The number of piperidine rings is 1. The lowest BCUT2D eigenvalue weighted by Crippen LogP contribution is -2.41. The van der Waals surface area contributed by atoms with E-state index in [2.05, 4.69) is 29.0 Å². The maximum Gasteiger partial charge on any atom is 0.249 e. The van der Waals surface area contributed by atoms with Gasteiger partial charge in [0.25, 0.3) is 0 Å². The Balaban J connectivity index is 1.80. The largest absolute Gasteiger partial charge is 0.360 e. The predicted octanol–water partition coefficient (Wildman–Crippen LogP) is 1.18. The lowest BCUT2D eigenvalue weighted by molar-refractivity contribution is 0.146. The van der Waals surface area contributed by atoms with E-state index >= 15 is 0 Å². The number of nitrogens with one attached hydrogen (secondary N) is 1. The molecule has 0 aliphatic carbocycles. The first-order chi connectivity index (χ1) is 9.34. The van der Waals surface area contributed by atoms with Crippen LogP contribution in [0.15, 0.2) is 10.4 Å². The van der Waals surface area contributed by atoms with E-state index in [1.807, 2.05) is 0 Å². The molecular weight excluding hydrogens is 296 g/mol. The highest BCUT2D eigenvalue weighted by atomic mass is 32.2. The van der Waals surface area contributed by atoms with E-state index in [1.54, 1.807) is 0 Å². The second-order valence-corrected chi connectivity index (χ2v) is 8.48. The van der Waals surface area contributed by atoms with Crippen LogP contribution in [-0.2, 0) is 10.0 Å². The third-order valence-corrected chi connectivity index (χ3v) is 5.78. The van der Waals surface area contributed by atoms with Crippen LogP contribution in [0.4, 0.5) is 5.13 Å². The van der Waals surface area contributed by atoms with Gasteiger partial charge in [0.05, 0.1) is 6.20 Å². The number of hydrogen-bond acceptors (Lipinski definition) is 6. The zero-order valence-corrected chi connectivity index (χ0v) is 13.5. The Hall–Kier alpha value is -0.700. The first-order valence-electron chi connectivity index (χ1n) is 6.79. The van der Waals surface area contributed by atoms with Gasteiger partial charge in [-0.25, -0.2) is 18.5 Å². The number of primary sulfonamides is 1. The Kier molecular flexibility index (Phi) is 5.00. The van der Waals surface area contributed by atoms with Crippen molar-refractivity contribution in [3.63, 3.8) is 0 Å². The summed E-state index contributed by atoms with van der Waals surface area (Å²) in [6, 6.07) is 0. The fourth-order valence-corrected chi connectivity index (χ4v) is 4.24. The molecule has 2 rings (SSSR count). The van der Waals surface area contributed by atoms with E-state index in [1.165, 1.54) is 12.6 Å². The predicted molar refractivity (Wildman–Crippen MR) is 81.4 cm³/mol. The van der Waals surface area contributed by atoms with E-state index in [0.717, 1.165) is 49.4 Å². The van der Waals surface area contributed by atoms with E-state index in [0.29, 0.717) is 5.13 Å². The molecule has 6 nitrogen and oxygen atoms in total. The minimum Gasteiger partial charge on any atom is -0.360 e. The molecule has 1 aliphatic rings. The van der Waals surface area contributed by atoms with Crippen LogP contribution in [0.3, 0.4) is 0 Å². The normalized spacial score (nSPS) is 24.8. The summed E-state index contributed by atoms with van der Waals surface area (Å²) in [7, 11) is -3.64. The molecule has 1 aromatic heterocycles. The van der Waals surface area contributed by atoms with Gasteiger partial charge in [0, 0.05) is 26.2 Å². The van der Waals surface area contributed by atoms with Gasteiger partial charge in [-0.3, -0.25) is 0 Å². The molecule has 1 aromatic rings. The average Bonchev–Trinajstić information content (AvgIpc) is 2.76. The molecule has 2 heterocycles. The zero-order chi connectivity index (χ0) is 14.8. The number of aromatic nitrogens is 1. The van der Waals surface area contributed by atoms with Crippen LogP contribution in [0.5, 0.6) is 0 Å². The highest BCUT2D eigenvalue weighted by Crippen LogP contribution is 2.22. The lowest BCUT2D eigenvalue weighted by atomic mass is 9.92. The van der Waals surface area contributed by atoms with Crippen molar-refractivity contribution in [3.05, 3.63) is 6.20 Å². The SMILES string of the molecule is C[C@H]1C[C@H](C)CN(CCNc2ncc(S(N)(=O)=O)s2)C1. The second-order valence-electron chi connectivity index (χ2n) is 5.66.